The SMILES string of the molecule is Cc1cc(Nc2cc(NC(=O)c3c(Cl)cc(CCCC4CC4)cc3Cl)ccn2)nc(C)n1. The van der Waals surface area contributed by atoms with Gasteiger partial charge in [0.2, 0.25) is 0 Å². The average molecular weight is 470 g/mol. The number of nitrogens with one attached hydrogen (secondary N) is 2. The molecule has 0 bridgehead atoms. The highest BCUT2D eigenvalue weighted by molar-refractivity contribution is 6.40. The highest BCUT2D eigenvalue weighted by atomic mass is 35.5. The Morgan fingerprint density at radius 2 is 1.81 bits per heavy atom. The summed E-state index contributed by atoms with van der Waals surface area (Å²) in [6.45, 7) is 3.73. The second-order valence-corrected chi connectivity index (χ2v) is 9.04. The number of rotatable bonds is 8. The quantitative estimate of drug-likeness (QED) is 0.392. The molecule has 0 radical (unpaired) electrons. The maximum absolute atomic E-state index is 12.9. The van der Waals surface area contributed by atoms with Gasteiger partial charge in [-0.2, -0.15) is 0 Å². The summed E-state index contributed by atoms with van der Waals surface area (Å²) in [5, 5.41) is 6.70. The maximum Gasteiger partial charge on any atom is 0.258 e. The molecule has 6 nitrogen and oxygen atoms in total. The lowest BCUT2D eigenvalue weighted by atomic mass is 10.0. The molecule has 0 atom stereocenters. The topological polar surface area (TPSA) is 79.8 Å². The Labute approximate surface area is 197 Å². The third-order valence-electron chi connectivity index (χ3n) is 5.34. The standard InChI is InChI=1S/C24H25Cl2N5O/c1-14-10-22(29-15(2)28-14)31-21-13-18(8-9-27-21)30-24(32)23-19(25)11-17(12-20(23)26)5-3-4-16-6-7-16/h8-13,16H,3-7H2,1-2H3,(H2,27,28,29,30,31,32). The van der Waals surface area contributed by atoms with Crippen LogP contribution in [0.1, 0.15) is 53.1 Å². The van der Waals surface area contributed by atoms with Gasteiger partial charge in [0.15, 0.2) is 0 Å². The largest absolute Gasteiger partial charge is 0.325 e. The van der Waals surface area contributed by atoms with Gasteiger partial charge in [0.1, 0.15) is 17.5 Å². The van der Waals surface area contributed by atoms with Gasteiger partial charge in [-0.1, -0.05) is 42.5 Å². The molecule has 1 amide bonds. The fourth-order valence-corrected chi connectivity index (χ4v) is 4.37. The van der Waals surface area contributed by atoms with Crippen molar-refractivity contribution < 1.29 is 4.79 Å². The van der Waals surface area contributed by atoms with Crippen LogP contribution in [-0.4, -0.2) is 20.9 Å². The summed E-state index contributed by atoms with van der Waals surface area (Å²) in [4.78, 5) is 25.8. The minimum Gasteiger partial charge on any atom is -0.325 e. The van der Waals surface area contributed by atoms with E-state index in [1.807, 2.05) is 32.0 Å². The molecule has 0 spiro atoms. The highest BCUT2D eigenvalue weighted by Gasteiger charge is 2.21. The molecule has 4 rings (SSSR count). The molecule has 0 unspecified atom stereocenters. The fourth-order valence-electron chi connectivity index (χ4n) is 3.67. The summed E-state index contributed by atoms with van der Waals surface area (Å²) in [7, 11) is 0. The van der Waals surface area contributed by atoms with Crippen LogP contribution >= 0.6 is 23.2 Å². The first-order valence-electron chi connectivity index (χ1n) is 10.7. The zero-order chi connectivity index (χ0) is 22.7. The number of aryl methyl sites for hydroxylation is 3. The normalized spacial score (nSPS) is 13.1. The lowest BCUT2D eigenvalue weighted by Crippen LogP contribution is -2.14. The van der Waals surface area contributed by atoms with Crippen molar-refractivity contribution in [3.05, 3.63) is 69.2 Å². The van der Waals surface area contributed by atoms with E-state index < -0.39 is 0 Å². The molecular weight excluding hydrogens is 445 g/mol. The minimum absolute atomic E-state index is 0.271. The molecule has 2 aromatic heterocycles. The van der Waals surface area contributed by atoms with E-state index in [0.29, 0.717) is 33.2 Å². The first kappa shape index (κ1) is 22.5. The van der Waals surface area contributed by atoms with Crippen molar-refractivity contribution in [3.63, 3.8) is 0 Å². The van der Waals surface area contributed by atoms with Crippen molar-refractivity contribution in [3.8, 4) is 0 Å². The lowest BCUT2D eigenvalue weighted by molar-refractivity contribution is 0.102. The second-order valence-electron chi connectivity index (χ2n) is 8.22. The van der Waals surface area contributed by atoms with Crippen LogP contribution in [0.5, 0.6) is 0 Å². The van der Waals surface area contributed by atoms with Gasteiger partial charge in [0.25, 0.3) is 5.91 Å². The molecule has 3 aromatic rings. The summed E-state index contributed by atoms with van der Waals surface area (Å²) < 4.78 is 0. The number of carbonyl (C=O) groups is 1. The van der Waals surface area contributed by atoms with Gasteiger partial charge in [-0.15, -0.1) is 0 Å². The fraction of sp³-hybridized carbons (Fsp3) is 0.333. The van der Waals surface area contributed by atoms with E-state index >= 15 is 0 Å². The molecule has 1 aliphatic rings. The lowest BCUT2D eigenvalue weighted by Gasteiger charge is -2.12. The molecule has 1 saturated carbocycles. The number of pyridine rings is 1. The predicted molar refractivity (Wildman–Crippen MR) is 129 cm³/mol. The molecule has 2 N–H and O–H groups in total. The molecule has 0 aliphatic heterocycles. The monoisotopic (exact) mass is 469 g/mol. The molecule has 8 heteroatoms. The summed E-state index contributed by atoms with van der Waals surface area (Å²) >= 11 is 12.9. The Morgan fingerprint density at radius 3 is 2.50 bits per heavy atom. The molecule has 1 aliphatic carbocycles. The predicted octanol–water partition coefficient (Wildman–Crippen LogP) is 6.52. The highest BCUT2D eigenvalue weighted by Crippen LogP contribution is 2.34. The van der Waals surface area contributed by atoms with Gasteiger partial charge in [-0.25, -0.2) is 15.0 Å². The number of carbonyl (C=O) groups excluding carboxylic acids is 1. The van der Waals surface area contributed by atoms with Crippen molar-refractivity contribution in [1.82, 2.24) is 15.0 Å². The van der Waals surface area contributed by atoms with E-state index in [9.17, 15) is 4.79 Å². The Kier molecular flexibility index (Phi) is 6.92. The molecule has 32 heavy (non-hydrogen) atoms. The van der Waals surface area contributed by atoms with Crippen molar-refractivity contribution in [1.29, 1.82) is 0 Å². The second kappa shape index (κ2) is 9.84. The average Bonchev–Trinajstić information content (AvgIpc) is 3.51. The van der Waals surface area contributed by atoms with E-state index in [4.69, 9.17) is 23.2 Å². The number of anilines is 3. The first-order chi connectivity index (χ1) is 15.4. The number of hydrogen-bond donors (Lipinski definition) is 2. The maximum atomic E-state index is 12.9. The molecule has 2 heterocycles. The van der Waals surface area contributed by atoms with Gasteiger partial charge in [0.05, 0.1) is 15.6 Å². The molecule has 166 valence electrons. The summed E-state index contributed by atoms with van der Waals surface area (Å²) in [6, 6.07) is 8.93. The summed E-state index contributed by atoms with van der Waals surface area (Å²) in [5.41, 5.74) is 2.75. The zero-order valence-corrected chi connectivity index (χ0v) is 19.6. The van der Waals surface area contributed by atoms with Gasteiger partial charge in [-0.3, -0.25) is 4.79 Å². The molecule has 1 aromatic carbocycles. The van der Waals surface area contributed by atoms with Crippen LogP contribution < -0.4 is 10.6 Å². The van der Waals surface area contributed by atoms with Crippen LogP contribution in [0, 0.1) is 19.8 Å². The van der Waals surface area contributed by atoms with E-state index in [1.165, 1.54) is 19.3 Å². The third-order valence-corrected chi connectivity index (χ3v) is 5.94. The van der Waals surface area contributed by atoms with Crippen LogP contribution in [0.3, 0.4) is 0 Å². The molecular formula is C24H25Cl2N5O. The number of amides is 1. The third kappa shape index (κ3) is 5.96. The Balaban J connectivity index is 1.44. The van der Waals surface area contributed by atoms with Gasteiger partial charge in [0, 0.05) is 29.7 Å². The Morgan fingerprint density at radius 1 is 1.06 bits per heavy atom. The van der Waals surface area contributed by atoms with E-state index in [0.717, 1.165) is 30.0 Å². The summed E-state index contributed by atoms with van der Waals surface area (Å²) in [5.74, 6) is 2.37. The number of halogens is 2. The van der Waals surface area contributed by atoms with Gasteiger partial charge >= 0.3 is 0 Å². The number of hydrogen-bond acceptors (Lipinski definition) is 5. The van der Waals surface area contributed by atoms with Crippen LogP contribution in [0.4, 0.5) is 17.3 Å². The first-order valence-corrected chi connectivity index (χ1v) is 11.5. The van der Waals surface area contributed by atoms with Crippen LogP contribution in [-0.2, 0) is 6.42 Å². The van der Waals surface area contributed by atoms with Crippen LogP contribution in [0.15, 0.2) is 36.5 Å². The van der Waals surface area contributed by atoms with Crippen LogP contribution in [0.2, 0.25) is 10.0 Å². The van der Waals surface area contributed by atoms with E-state index in [2.05, 4.69) is 25.6 Å². The Hall–Kier alpha value is -2.70. The van der Waals surface area contributed by atoms with E-state index in [-0.39, 0.29) is 11.5 Å². The van der Waals surface area contributed by atoms with Crippen LogP contribution in [0.25, 0.3) is 0 Å². The molecule has 0 saturated heterocycles. The minimum atomic E-state index is -0.365. The van der Waals surface area contributed by atoms with Crippen molar-refractivity contribution in [2.75, 3.05) is 10.6 Å². The number of benzene rings is 1. The zero-order valence-electron chi connectivity index (χ0n) is 18.1. The Bertz CT molecular complexity index is 1100. The van der Waals surface area contributed by atoms with Crippen molar-refractivity contribution in [2.24, 2.45) is 5.92 Å². The van der Waals surface area contributed by atoms with E-state index in [1.54, 1.807) is 18.3 Å². The van der Waals surface area contributed by atoms with Crippen molar-refractivity contribution >= 4 is 46.4 Å². The smallest absolute Gasteiger partial charge is 0.258 e. The van der Waals surface area contributed by atoms with Gasteiger partial charge < -0.3 is 10.6 Å². The summed E-state index contributed by atoms with van der Waals surface area (Å²) in [6.07, 6.45) is 7.58. The molecule has 1 fully saturated rings. The number of nitrogens with zero attached hydrogens (tertiary/aromatic N) is 3. The number of aromatic nitrogens is 3. The van der Waals surface area contributed by atoms with Gasteiger partial charge in [-0.05, 0) is 56.4 Å². The van der Waals surface area contributed by atoms with Crippen molar-refractivity contribution in [2.45, 2.75) is 46.0 Å².